The van der Waals surface area contributed by atoms with E-state index in [2.05, 4.69) is 216 Å². The van der Waals surface area contributed by atoms with Crippen LogP contribution in [0.25, 0.3) is 94.7 Å². The lowest BCUT2D eigenvalue weighted by atomic mass is 9.70. The molecule has 0 bridgehead atoms. The number of hydrogen-bond acceptors (Lipinski definition) is 4. The van der Waals surface area contributed by atoms with Crippen molar-refractivity contribution in [1.29, 1.82) is 0 Å². The number of benzene rings is 10. The second kappa shape index (κ2) is 15.3. The van der Waals surface area contributed by atoms with E-state index in [-0.39, 0.29) is 6.04 Å². The highest BCUT2D eigenvalue weighted by Gasteiger charge is 2.52. The SMILES string of the molecule is C1=C(c2ccc3c(c2)c2ccc4c(c2n3-c2nc(-c3ccccc3)nc(-c3ccccc3)n2)-c2ccccc2C42c3ccccc3-c3ccccc32)C=C2c3c(ccc4ccccc34)N(c3ccccc3)C2C1. The maximum absolute atomic E-state index is 5.46. The fourth-order valence-corrected chi connectivity index (χ4v) is 13.2. The normalized spacial score (nSPS) is 15.5. The Morgan fingerprint density at radius 3 is 1.74 bits per heavy atom. The fraction of sp³-hybridized carbons (Fsp3) is 0.0441. The Kier molecular flexibility index (Phi) is 8.43. The van der Waals surface area contributed by atoms with Crippen molar-refractivity contribution in [3.63, 3.8) is 0 Å². The molecule has 73 heavy (non-hydrogen) atoms. The van der Waals surface area contributed by atoms with E-state index in [1.807, 2.05) is 36.4 Å². The predicted molar refractivity (Wildman–Crippen MR) is 298 cm³/mol. The predicted octanol–water partition coefficient (Wildman–Crippen LogP) is 16.2. The Bertz CT molecular complexity index is 4250. The summed E-state index contributed by atoms with van der Waals surface area (Å²) in [5, 5.41) is 4.84. The van der Waals surface area contributed by atoms with Gasteiger partial charge in [0, 0.05) is 44.4 Å². The third-order valence-electron chi connectivity index (χ3n) is 16.1. The average Bonchev–Trinajstić information content (AvgIpc) is 4.26. The average molecular weight is 930 g/mol. The van der Waals surface area contributed by atoms with E-state index in [0.29, 0.717) is 17.6 Å². The highest BCUT2D eigenvalue weighted by Crippen LogP contribution is 2.64. The van der Waals surface area contributed by atoms with Crippen LogP contribution in [0.3, 0.4) is 0 Å². The number of fused-ring (bicyclic) bond motifs is 19. The molecular formula is C68H43N5. The van der Waals surface area contributed by atoms with E-state index >= 15 is 0 Å². The number of allylic oxidation sites excluding steroid dienone is 2. The molecule has 1 atom stereocenters. The van der Waals surface area contributed by atoms with Gasteiger partial charge in [0.2, 0.25) is 5.95 Å². The lowest BCUT2D eigenvalue weighted by Crippen LogP contribution is -2.27. The summed E-state index contributed by atoms with van der Waals surface area (Å²) in [6.45, 7) is 0. The van der Waals surface area contributed by atoms with Crippen molar-refractivity contribution < 1.29 is 0 Å². The minimum absolute atomic E-state index is 0.180. The topological polar surface area (TPSA) is 46.8 Å². The Morgan fingerprint density at radius 1 is 0.438 bits per heavy atom. The molecular weight excluding hydrogens is 887 g/mol. The first-order chi connectivity index (χ1) is 36.2. The molecule has 3 heterocycles. The van der Waals surface area contributed by atoms with Crippen LogP contribution in [0.4, 0.5) is 11.4 Å². The van der Waals surface area contributed by atoms with Gasteiger partial charge >= 0.3 is 0 Å². The van der Waals surface area contributed by atoms with Gasteiger partial charge < -0.3 is 4.90 Å². The molecule has 2 aromatic heterocycles. The van der Waals surface area contributed by atoms with Crippen LogP contribution in [0.1, 0.15) is 39.8 Å². The minimum Gasteiger partial charge on any atom is -0.333 e. The molecule has 0 saturated heterocycles. The molecule has 3 aliphatic carbocycles. The van der Waals surface area contributed by atoms with Crippen molar-refractivity contribution in [3.8, 4) is 51.0 Å². The number of aromatic nitrogens is 4. The molecule has 1 aliphatic heterocycles. The standard InChI is InChI=1S/C68H43N5/c1-4-19-43(20-5-1)65-69-66(44-21-6-2-7-22-44)71-67(70-65)73-59-37-33-45(46-34-38-60-54(41-46)62-48-25-11-10-18-42(48)32-39-61(62)72(60)47-23-8-3-9-24-47)40-53(59)51-35-36-58-63(64(51)73)52-28-14-17-31-57(52)68(58)55-29-15-12-26-49(55)50-27-13-16-30-56(50)68/h1-37,39-41,60H,38H2. The van der Waals surface area contributed by atoms with Gasteiger partial charge in [0.25, 0.3) is 0 Å². The minimum atomic E-state index is -0.520. The lowest BCUT2D eigenvalue weighted by Gasteiger charge is -2.30. The number of anilines is 2. The summed E-state index contributed by atoms with van der Waals surface area (Å²) in [5.74, 6) is 1.83. The summed E-state index contributed by atoms with van der Waals surface area (Å²) in [6.07, 6.45) is 5.80. The molecule has 340 valence electrons. The second-order valence-corrected chi connectivity index (χ2v) is 19.8. The van der Waals surface area contributed by atoms with Gasteiger partial charge in [-0.15, -0.1) is 0 Å². The van der Waals surface area contributed by atoms with Crippen molar-refractivity contribution in [1.82, 2.24) is 19.5 Å². The molecule has 4 aliphatic rings. The van der Waals surface area contributed by atoms with Crippen molar-refractivity contribution >= 4 is 55.1 Å². The largest absolute Gasteiger partial charge is 0.333 e. The van der Waals surface area contributed by atoms with Crippen molar-refractivity contribution in [3.05, 3.63) is 276 Å². The quantitative estimate of drug-likeness (QED) is 0.173. The molecule has 12 aromatic rings. The maximum atomic E-state index is 5.46. The van der Waals surface area contributed by atoms with E-state index in [0.717, 1.165) is 39.4 Å². The fourth-order valence-electron chi connectivity index (χ4n) is 13.2. The summed E-state index contributed by atoms with van der Waals surface area (Å²) >= 11 is 0. The molecule has 5 nitrogen and oxygen atoms in total. The molecule has 1 spiro atoms. The van der Waals surface area contributed by atoms with Crippen LogP contribution in [0, 0.1) is 0 Å². The maximum Gasteiger partial charge on any atom is 0.238 e. The second-order valence-electron chi connectivity index (χ2n) is 19.8. The van der Waals surface area contributed by atoms with Gasteiger partial charge in [-0.05, 0) is 109 Å². The number of rotatable bonds is 5. The monoisotopic (exact) mass is 929 g/mol. The van der Waals surface area contributed by atoms with Gasteiger partial charge in [-0.25, -0.2) is 4.98 Å². The van der Waals surface area contributed by atoms with Crippen LogP contribution in [0.5, 0.6) is 0 Å². The third kappa shape index (κ3) is 5.59. The van der Waals surface area contributed by atoms with E-state index in [9.17, 15) is 0 Å². The molecule has 0 N–H and O–H groups in total. The molecule has 5 heteroatoms. The Morgan fingerprint density at radius 2 is 1.04 bits per heavy atom. The first-order valence-electron chi connectivity index (χ1n) is 25.3. The molecule has 0 saturated carbocycles. The van der Waals surface area contributed by atoms with E-state index in [4.69, 9.17) is 15.0 Å². The summed E-state index contributed by atoms with van der Waals surface area (Å²) in [6, 6.07) is 84.1. The zero-order chi connectivity index (χ0) is 47.8. The molecule has 0 fully saturated rings. The highest BCUT2D eigenvalue weighted by atomic mass is 15.2. The first kappa shape index (κ1) is 40.3. The molecule has 0 radical (unpaired) electrons. The Balaban J connectivity index is 0.972. The van der Waals surface area contributed by atoms with Crippen LogP contribution >= 0.6 is 0 Å². The lowest BCUT2D eigenvalue weighted by molar-refractivity contribution is 0.794. The number of nitrogens with zero attached hydrogens (tertiary/aromatic N) is 5. The van der Waals surface area contributed by atoms with E-state index in [1.54, 1.807) is 0 Å². The molecule has 0 amide bonds. The van der Waals surface area contributed by atoms with Crippen molar-refractivity contribution in [2.45, 2.75) is 17.9 Å². The van der Waals surface area contributed by atoms with Crippen LogP contribution in [0.15, 0.2) is 243 Å². The van der Waals surface area contributed by atoms with Crippen LogP contribution < -0.4 is 4.90 Å². The smallest absolute Gasteiger partial charge is 0.238 e. The molecule has 10 aromatic carbocycles. The van der Waals surface area contributed by atoms with Gasteiger partial charge in [-0.2, -0.15) is 9.97 Å². The number of para-hydroxylation sites is 1. The van der Waals surface area contributed by atoms with Crippen LogP contribution in [0.2, 0.25) is 0 Å². The van der Waals surface area contributed by atoms with Crippen molar-refractivity contribution in [2.24, 2.45) is 0 Å². The van der Waals surface area contributed by atoms with Gasteiger partial charge in [-0.1, -0.05) is 206 Å². The van der Waals surface area contributed by atoms with Gasteiger partial charge in [0.1, 0.15) is 0 Å². The summed E-state index contributed by atoms with van der Waals surface area (Å²) < 4.78 is 2.34. The Labute approximate surface area is 422 Å². The third-order valence-corrected chi connectivity index (χ3v) is 16.1. The van der Waals surface area contributed by atoms with Crippen LogP contribution in [-0.4, -0.2) is 25.6 Å². The van der Waals surface area contributed by atoms with Crippen molar-refractivity contribution in [2.75, 3.05) is 4.90 Å². The van der Waals surface area contributed by atoms with Gasteiger partial charge in [0.05, 0.1) is 22.5 Å². The summed E-state index contributed by atoms with van der Waals surface area (Å²) in [4.78, 5) is 18.6. The highest BCUT2D eigenvalue weighted by molar-refractivity contribution is 6.17. The summed E-state index contributed by atoms with van der Waals surface area (Å²) in [7, 11) is 0. The van der Waals surface area contributed by atoms with Gasteiger partial charge in [0.15, 0.2) is 11.6 Å². The first-order valence-corrected chi connectivity index (χ1v) is 25.3. The molecule has 1 unspecified atom stereocenters. The number of hydrogen-bond donors (Lipinski definition) is 0. The van der Waals surface area contributed by atoms with Crippen LogP contribution in [-0.2, 0) is 5.41 Å². The molecule has 16 rings (SSSR count). The van der Waals surface area contributed by atoms with Gasteiger partial charge in [-0.3, -0.25) is 4.57 Å². The Hall–Kier alpha value is -9.45. The van der Waals surface area contributed by atoms with E-state index < -0.39 is 5.41 Å². The zero-order valence-corrected chi connectivity index (χ0v) is 39.6. The zero-order valence-electron chi connectivity index (χ0n) is 39.6. The summed E-state index contributed by atoms with van der Waals surface area (Å²) in [5.41, 5.74) is 21.2. The van der Waals surface area contributed by atoms with E-state index in [1.165, 1.54) is 88.9 Å².